The first-order chi connectivity index (χ1) is 15.0. The van der Waals surface area contributed by atoms with Crippen molar-refractivity contribution in [3.05, 3.63) is 69.5 Å². The zero-order valence-corrected chi connectivity index (χ0v) is 18.7. The van der Waals surface area contributed by atoms with Crippen molar-refractivity contribution >= 4 is 23.5 Å². The molecule has 1 atom stereocenters. The molecular weight excluding hydrogens is 431 g/mol. The maximum Gasteiger partial charge on any atom is 0.232 e. The second-order valence-electron chi connectivity index (χ2n) is 9.12. The second kappa shape index (κ2) is 7.88. The summed E-state index contributed by atoms with van der Waals surface area (Å²) in [6.07, 6.45) is 1.38. The van der Waals surface area contributed by atoms with Gasteiger partial charge in [-0.05, 0) is 61.9 Å². The summed E-state index contributed by atoms with van der Waals surface area (Å²) in [5.74, 6) is -0.606. The minimum atomic E-state index is -0.938. The molecular formula is C24H24ClFN4O2. The maximum absolute atomic E-state index is 14.0. The van der Waals surface area contributed by atoms with Gasteiger partial charge in [-0.1, -0.05) is 35.9 Å². The molecule has 6 nitrogen and oxygen atoms in total. The Hall–Kier alpha value is -2.95. The van der Waals surface area contributed by atoms with Crippen LogP contribution < -0.4 is 5.73 Å². The first-order valence-corrected chi connectivity index (χ1v) is 10.8. The Kier molecular flexibility index (Phi) is 5.48. The van der Waals surface area contributed by atoms with E-state index in [2.05, 4.69) is 4.99 Å². The Balaban J connectivity index is 1.63. The monoisotopic (exact) mass is 454 g/mol. The minimum absolute atomic E-state index is 0.0100. The fourth-order valence-electron chi connectivity index (χ4n) is 4.65. The lowest BCUT2D eigenvalue weighted by Crippen LogP contribution is -2.61. The zero-order chi connectivity index (χ0) is 23.3. The SMILES string of the molecule is CC1(O)CC(N2C(=O)C[C@@](C)(c3cccc(Cc4ccc(C#N)c(F)c4)c3Cl)N=C2N)C1. The van der Waals surface area contributed by atoms with Gasteiger partial charge in [-0.3, -0.25) is 9.69 Å². The molecule has 0 aromatic heterocycles. The van der Waals surface area contributed by atoms with Crippen molar-refractivity contribution in [3.8, 4) is 6.07 Å². The van der Waals surface area contributed by atoms with Crippen LogP contribution in [0.5, 0.6) is 0 Å². The van der Waals surface area contributed by atoms with E-state index in [0.717, 1.165) is 5.56 Å². The number of aliphatic imine (C=N–C) groups is 1. The lowest BCUT2D eigenvalue weighted by atomic mass is 9.75. The van der Waals surface area contributed by atoms with Crippen LogP contribution in [0.2, 0.25) is 5.02 Å². The number of carbonyl (C=O) groups is 1. The highest BCUT2D eigenvalue weighted by molar-refractivity contribution is 6.32. The van der Waals surface area contributed by atoms with Gasteiger partial charge in [0.05, 0.1) is 23.1 Å². The molecule has 2 aliphatic rings. The van der Waals surface area contributed by atoms with Crippen molar-refractivity contribution in [2.24, 2.45) is 10.7 Å². The molecule has 2 aromatic rings. The Labute approximate surface area is 191 Å². The molecule has 1 fully saturated rings. The molecule has 0 unspecified atom stereocenters. The molecule has 0 radical (unpaired) electrons. The number of hydrogen-bond donors (Lipinski definition) is 2. The van der Waals surface area contributed by atoms with Crippen LogP contribution in [0.1, 0.15) is 55.4 Å². The average Bonchev–Trinajstić information content (AvgIpc) is 2.67. The molecule has 0 saturated heterocycles. The van der Waals surface area contributed by atoms with E-state index in [4.69, 9.17) is 22.6 Å². The van der Waals surface area contributed by atoms with Crippen LogP contribution in [0, 0.1) is 17.1 Å². The van der Waals surface area contributed by atoms with Gasteiger partial charge in [0.1, 0.15) is 11.9 Å². The van der Waals surface area contributed by atoms with Crippen LogP contribution in [0.3, 0.4) is 0 Å². The topological polar surface area (TPSA) is 103 Å². The smallest absolute Gasteiger partial charge is 0.232 e. The van der Waals surface area contributed by atoms with Gasteiger partial charge < -0.3 is 10.8 Å². The van der Waals surface area contributed by atoms with Crippen molar-refractivity contribution in [1.82, 2.24) is 4.90 Å². The van der Waals surface area contributed by atoms with Gasteiger partial charge >= 0.3 is 0 Å². The highest BCUT2D eigenvalue weighted by Crippen LogP contribution is 2.42. The summed E-state index contributed by atoms with van der Waals surface area (Å²) in [6, 6.07) is 11.6. The summed E-state index contributed by atoms with van der Waals surface area (Å²) in [4.78, 5) is 19.1. The number of benzene rings is 2. The van der Waals surface area contributed by atoms with E-state index in [0.29, 0.717) is 35.4 Å². The van der Waals surface area contributed by atoms with Crippen LogP contribution in [0.15, 0.2) is 41.4 Å². The standard InChI is InChI=1S/C24H24ClFN4O2/c1-23(32)10-17(11-23)30-20(31)12-24(2,29-22(30)28)18-5-3-4-15(21(18)25)8-14-6-7-16(13-27)19(26)9-14/h3-7,9,17,32H,8,10-12H2,1-2H3,(H2,28,29)/t17?,23?,24-/m0/s1. The largest absolute Gasteiger partial charge is 0.390 e. The molecule has 2 aromatic carbocycles. The molecule has 0 bridgehead atoms. The zero-order valence-electron chi connectivity index (χ0n) is 17.9. The van der Waals surface area contributed by atoms with Crippen molar-refractivity contribution in [2.45, 2.75) is 56.7 Å². The number of rotatable bonds is 4. The minimum Gasteiger partial charge on any atom is -0.390 e. The Morgan fingerprint density at radius 3 is 2.66 bits per heavy atom. The quantitative estimate of drug-likeness (QED) is 0.736. The molecule has 1 aliphatic heterocycles. The van der Waals surface area contributed by atoms with Crippen LogP contribution >= 0.6 is 11.6 Å². The molecule has 166 valence electrons. The van der Waals surface area contributed by atoms with Gasteiger partial charge in [0, 0.05) is 11.1 Å². The molecule has 1 heterocycles. The third kappa shape index (κ3) is 3.96. The molecule has 0 spiro atoms. The van der Waals surface area contributed by atoms with Crippen molar-refractivity contribution < 1.29 is 14.3 Å². The molecule has 3 N–H and O–H groups in total. The number of nitriles is 1. The van der Waals surface area contributed by atoms with Crippen LogP contribution in [0.25, 0.3) is 0 Å². The van der Waals surface area contributed by atoms with Gasteiger partial charge in [-0.2, -0.15) is 5.26 Å². The van der Waals surface area contributed by atoms with E-state index in [1.807, 2.05) is 31.2 Å². The molecule has 32 heavy (non-hydrogen) atoms. The number of nitrogens with two attached hydrogens (primary N) is 1. The normalized spacial score (nSPS) is 27.5. The fourth-order valence-corrected chi connectivity index (χ4v) is 5.05. The molecule has 1 amide bonds. The van der Waals surface area contributed by atoms with Crippen LogP contribution in [-0.2, 0) is 16.8 Å². The Bertz CT molecular complexity index is 1170. The number of hydrogen-bond acceptors (Lipinski definition) is 5. The highest BCUT2D eigenvalue weighted by atomic mass is 35.5. The Morgan fingerprint density at radius 2 is 2.06 bits per heavy atom. The summed E-state index contributed by atoms with van der Waals surface area (Å²) in [7, 11) is 0. The fraction of sp³-hybridized carbons (Fsp3) is 0.375. The maximum atomic E-state index is 14.0. The predicted octanol–water partition coefficient (Wildman–Crippen LogP) is 3.62. The predicted molar refractivity (Wildman–Crippen MR) is 119 cm³/mol. The van der Waals surface area contributed by atoms with E-state index in [-0.39, 0.29) is 29.9 Å². The van der Waals surface area contributed by atoms with E-state index in [1.54, 1.807) is 13.0 Å². The molecule has 4 rings (SSSR count). The van der Waals surface area contributed by atoms with Crippen molar-refractivity contribution in [3.63, 3.8) is 0 Å². The summed E-state index contributed by atoms with van der Waals surface area (Å²) in [5, 5.41) is 19.4. The molecule has 1 saturated carbocycles. The number of carbonyl (C=O) groups excluding carboxylic acids is 1. The first kappa shape index (κ1) is 22.3. The van der Waals surface area contributed by atoms with Gasteiger partial charge in [-0.25, -0.2) is 9.38 Å². The van der Waals surface area contributed by atoms with Crippen LogP contribution in [-0.4, -0.2) is 33.5 Å². The summed E-state index contributed by atoms with van der Waals surface area (Å²) in [6.45, 7) is 3.55. The number of amides is 1. The van der Waals surface area contributed by atoms with Gasteiger partial charge in [-0.15, -0.1) is 0 Å². The summed E-state index contributed by atoms with van der Waals surface area (Å²) in [5.41, 5.74) is 6.57. The summed E-state index contributed by atoms with van der Waals surface area (Å²) < 4.78 is 14.0. The van der Waals surface area contributed by atoms with Gasteiger partial charge in [0.2, 0.25) is 5.91 Å². The third-order valence-electron chi connectivity index (χ3n) is 6.30. The van der Waals surface area contributed by atoms with Crippen molar-refractivity contribution in [1.29, 1.82) is 5.26 Å². The summed E-state index contributed by atoms with van der Waals surface area (Å²) >= 11 is 6.74. The van der Waals surface area contributed by atoms with Crippen LogP contribution in [0.4, 0.5) is 4.39 Å². The van der Waals surface area contributed by atoms with E-state index >= 15 is 0 Å². The van der Waals surface area contributed by atoms with Crippen molar-refractivity contribution in [2.75, 3.05) is 0 Å². The second-order valence-corrected chi connectivity index (χ2v) is 9.50. The van der Waals surface area contributed by atoms with E-state index in [9.17, 15) is 14.3 Å². The Morgan fingerprint density at radius 1 is 1.34 bits per heavy atom. The van der Waals surface area contributed by atoms with Gasteiger partial charge in [0.15, 0.2) is 5.96 Å². The molecule has 1 aliphatic carbocycles. The average molecular weight is 455 g/mol. The lowest BCUT2D eigenvalue weighted by Gasteiger charge is -2.48. The third-order valence-corrected chi connectivity index (χ3v) is 6.74. The number of nitrogens with zero attached hydrogens (tertiary/aromatic N) is 3. The first-order valence-electron chi connectivity index (χ1n) is 10.4. The van der Waals surface area contributed by atoms with Gasteiger partial charge in [0.25, 0.3) is 0 Å². The number of guanidine groups is 1. The highest BCUT2D eigenvalue weighted by Gasteiger charge is 2.48. The molecule has 8 heteroatoms. The number of aliphatic hydroxyl groups is 1. The lowest BCUT2D eigenvalue weighted by molar-refractivity contribution is -0.138. The van der Waals surface area contributed by atoms with E-state index in [1.165, 1.54) is 17.0 Å². The number of halogens is 2. The van der Waals surface area contributed by atoms with E-state index < -0.39 is 17.0 Å².